The molecule has 2 aromatic rings. The van der Waals surface area contributed by atoms with E-state index in [9.17, 15) is 4.79 Å². The van der Waals surface area contributed by atoms with Gasteiger partial charge >= 0.3 is 5.97 Å². The molecule has 1 heterocycles. The molecule has 138 valence electrons. The van der Waals surface area contributed by atoms with Crippen LogP contribution in [0.5, 0.6) is 5.75 Å². The Hall–Kier alpha value is -1.79. The first-order valence-electron chi connectivity index (χ1n) is 8.60. The molecule has 26 heavy (non-hydrogen) atoms. The van der Waals surface area contributed by atoms with Crippen molar-refractivity contribution in [3.05, 3.63) is 42.5 Å². The van der Waals surface area contributed by atoms with Crippen LogP contribution in [-0.4, -0.2) is 36.2 Å². The summed E-state index contributed by atoms with van der Waals surface area (Å²) in [5.41, 5.74) is 2.38. The quantitative estimate of drug-likeness (QED) is 0.690. The van der Waals surface area contributed by atoms with Crippen LogP contribution in [0.15, 0.2) is 52.3 Å². The number of carboxylic acids is 1. The predicted molar refractivity (Wildman–Crippen MR) is 109 cm³/mol. The number of nitrogens with zero attached hydrogens (tertiary/aromatic N) is 1. The molecule has 6 heteroatoms. The summed E-state index contributed by atoms with van der Waals surface area (Å²) in [5.74, 6) is 1.53. The van der Waals surface area contributed by atoms with Gasteiger partial charge in [-0.2, -0.15) is 0 Å². The first-order valence-corrected chi connectivity index (χ1v) is 10.8. The number of fused-ring (bicyclic) bond motifs is 1. The van der Waals surface area contributed by atoms with Gasteiger partial charge in [0.05, 0.1) is 23.6 Å². The van der Waals surface area contributed by atoms with Gasteiger partial charge in [-0.1, -0.05) is 25.1 Å². The second-order valence-corrected chi connectivity index (χ2v) is 8.24. The van der Waals surface area contributed by atoms with Gasteiger partial charge in [0, 0.05) is 22.9 Å². The van der Waals surface area contributed by atoms with Gasteiger partial charge in [-0.25, -0.2) is 0 Å². The summed E-state index contributed by atoms with van der Waals surface area (Å²) < 4.78 is 5.78. The van der Waals surface area contributed by atoms with Gasteiger partial charge in [-0.3, -0.25) is 4.79 Å². The zero-order valence-electron chi connectivity index (χ0n) is 15.0. The highest BCUT2D eigenvalue weighted by Gasteiger charge is 2.23. The largest absolute Gasteiger partial charge is 0.492 e. The summed E-state index contributed by atoms with van der Waals surface area (Å²) in [7, 11) is 0. The lowest BCUT2D eigenvalue weighted by atomic mass is 10.1. The standard InChI is InChI=1S/C20H23NO3S2/c1-14-12-21(15-6-4-3-5-7-15)16-10-19(25-2)17(11-18(16)26-13-14)24-9-8-20(22)23/h3-7,10-11,14H,8-9,12-13H2,1-2H3,(H,22,23). The smallest absolute Gasteiger partial charge is 0.306 e. The summed E-state index contributed by atoms with van der Waals surface area (Å²) in [6.45, 7) is 3.43. The highest BCUT2D eigenvalue weighted by atomic mass is 32.2. The normalized spacial score (nSPS) is 16.7. The maximum absolute atomic E-state index is 10.8. The molecule has 4 nitrogen and oxygen atoms in total. The molecule has 0 saturated heterocycles. The van der Waals surface area contributed by atoms with Gasteiger partial charge in [0.2, 0.25) is 0 Å². The molecule has 1 aliphatic heterocycles. The second kappa shape index (κ2) is 8.73. The number of hydrogen-bond acceptors (Lipinski definition) is 5. The number of rotatable bonds is 6. The van der Waals surface area contributed by atoms with Crippen LogP contribution in [0, 0.1) is 5.92 Å². The van der Waals surface area contributed by atoms with Crippen LogP contribution >= 0.6 is 23.5 Å². The van der Waals surface area contributed by atoms with Crippen molar-refractivity contribution in [1.29, 1.82) is 0 Å². The van der Waals surface area contributed by atoms with Crippen molar-refractivity contribution in [2.45, 2.75) is 23.1 Å². The molecule has 1 N–H and O–H groups in total. The molecule has 0 spiro atoms. The minimum absolute atomic E-state index is 0.00518. The van der Waals surface area contributed by atoms with Crippen molar-refractivity contribution < 1.29 is 14.6 Å². The van der Waals surface area contributed by atoms with Crippen molar-refractivity contribution in [2.24, 2.45) is 5.92 Å². The van der Waals surface area contributed by atoms with Gasteiger partial charge in [-0.05, 0) is 36.4 Å². The number of para-hydroxylation sites is 1. The molecule has 0 amide bonds. The Morgan fingerprint density at radius 3 is 2.81 bits per heavy atom. The Morgan fingerprint density at radius 1 is 1.35 bits per heavy atom. The Labute approximate surface area is 162 Å². The third-order valence-corrected chi connectivity index (χ3v) is 6.33. The first-order chi connectivity index (χ1) is 12.6. The van der Waals surface area contributed by atoms with E-state index in [0.29, 0.717) is 5.92 Å². The topological polar surface area (TPSA) is 49.8 Å². The van der Waals surface area contributed by atoms with Crippen molar-refractivity contribution in [2.75, 3.05) is 30.1 Å². The number of benzene rings is 2. The molecule has 0 radical (unpaired) electrons. The minimum Gasteiger partial charge on any atom is -0.492 e. The van der Waals surface area contributed by atoms with Gasteiger partial charge in [0.1, 0.15) is 5.75 Å². The fourth-order valence-electron chi connectivity index (χ4n) is 2.92. The van der Waals surface area contributed by atoms with E-state index < -0.39 is 5.97 Å². The molecular formula is C20H23NO3S2. The number of hydrogen-bond donors (Lipinski definition) is 1. The molecule has 0 aliphatic carbocycles. The van der Waals surface area contributed by atoms with E-state index in [1.165, 1.54) is 16.3 Å². The number of carbonyl (C=O) groups is 1. The fraction of sp³-hybridized carbons (Fsp3) is 0.350. The zero-order valence-corrected chi connectivity index (χ0v) is 16.6. The third kappa shape index (κ3) is 4.48. The van der Waals surface area contributed by atoms with Crippen LogP contribution in [-0.2, 0) is 4.79 Å². The molecule has 0 aromatic heterocycles. The molecule has 1 atom stereocenters. The van der Waals surface area contributed by atoms with E-state index in [-0.39, 0.29) is 13.0 Å². The van der Waals surface area contributed by atoms with E-state index in [0.717, 1.165) is 22.9 Å². The Balaban J connectivity index is 1.97. The molecular weight excluding hydrogens is 366 g/mol. The Kier molecular flexibility index (Phi) is 6.38. The van der Waals surface area contributed by atoms with Crippen molar-refractivity contribution in [1.82, 2.24) is 0 Å². The van der Waals surface area contributed by atoms with Crippen molar-refractivity contribution >= 4 is 40.9 Å². The molecule has 0 saturated carbocycles. The van der Waals surface area contributed by atoms with Gasteiger partial charge in [-0.15, -0.1) is 23.5 Å². The van der Waals surface area contributed by atoms with E-state index in [4.69, 9.17) is 9.84 Å². The van der Waals surface area contributed by atoms with Gasteiger partial charge < -0.3 is 14.7 Å². The predicted octanol–water partition coefficient (Wildman–Crippen LogP) is 5.14. The van der Waals surface area contributed by atoms with E-state index in [1.54, 1.807) is 11.8 Å². The highest BCUT2D eigenvalue weighted by molar-refractivity contribution is 7.99. The average Bonchev–Trinajstić information content (AvgIpc) is 2.80. The number of aliphatic carboxylic acids is 1. The summed E-state index contributed by atoms with van der Waals surface area (Å²) in [5, 5.41) is 8.84. The van der Waals surface area contributed by atoms with Crippen LogP contribution in [0.2, 0.25) is 0 Å². The van der Waals surface area contributed by atoms with Crippen LogP contribution in [0.25, 0.3) is 0 Å². The summed E-state index contributed by atoms with van der Waals surface area (Å²) in [4.78, 5) is 15.4. The molecule has 0 fully saturated rings. The van der Waals surface area contributed by atoms with Crippen LogP contribution in [0.1, 0.15) is 13.3 Å². The Bertz CT molecular complexity index is 767. The number of thioether (sulfide) groups is 2. The Morgan fingerprint density at radius 2 is 2.12 bits per heavy atom. The fourth-order valence-corrected chi connectivity index (χ4v) is 4.55. The van der Waals surface area contributed by atoms with E-state index in [2.05, 4.69) is 48.2 Å². The summed E-state index contributed by atoms with van der Waals surface area (Å²) in [6, 6.07) is 14.7. The summed E-state index contributed by atoms with van der Waals surface area (Å²) >= 11 is 3.47. The monoisotopic (exact) mass is 389 g/mol. The third-order valence-electron chi connectivity index (χ3n) is 4.19. The lowest BCUT2D eigenvalue weighted by Gasteiger charge is -2.27. The molecule has 1 unspecified atom stereocenters. The molecule has 0 bridgehead atoms. The lowest BCUT2D eigenvalue weighted by Crippen LogP contribution is -2.23. The highest BCUT2D eigenvalue weighted by Crippen LogP contribution is 2.44. The number of anilines is 2. The SMILES string of the molecule is CSc1cc2c(cc1OCCC(=O)O)SCC(C)CN2c1ccccc1. The molecule has 2 aromatic carbocycles. The van der Waals surface area contributed by atoms with E-state index >= 15 is 0 Å². The maximum Gasteiger partial charge on any atom is 0.306 e. The lowest BCUT2D eigenvalue weighted by molar-refractivity contribution is -0.137. The molecule has 1 aliphatic rings. The zero-order chi connectivity index (χ0) is 18.5. The number of carboxylic acid groups (broad SMARTS) is 1. The van der Waals surface area contributed by atoms with Crippen molar-refractivity contribution in [3.8, 4) is 5.75 Å². The summed E-state index contributed by atoms with van der Waals surface area (Å²) in [6.07, 6.45) is 2.02. The van der Waals surface area contributed by atoms with E-state index in [1.807, 2.05) is 24.1 Å². The van der Waals surface area contributed by atoms with Gasteiger partial charge in [0.15, 0.2) is 0 Å². The average molecular weight is 390 g/mol. The second-order valence-electron chi connectivity index (χ2n) is 6.33. The molecule has 3 rings (SSSR count). The first kappa shape index (κ1) is 19.0. The van der Waals surface area contributed by atoms with Crippen LogP contribution in [0.4, 0.5) is 11.4 Å². The minimum atomic E-state index is -0.844. The van der Waals surface area contributed by atoms with Gasteiger partial charge in [0.25, 0.3) is 0 Å². The maximum atomic E-state index is 10.8. The number of ether oxygens (including phenoxy) is 1. The van der Waals surface area contributed by atoms with Crippen molar-refractivity contribution in [3.63, 3.8) is 0 Å². The van der Waals surface area contributed by atoms with Crippen LogP contribution in [0.3, 0.4) is 0 Å². The van der Waals surface area contributed by atoms with Crippen LogP contribution < -0.4 is 9.64 Å².